The van der Waals surface area contributed by atoms with Gasteiger partial charge in [-0.2, -0.15) is 0 Å². The van der Waals surface area contributed by atoms with Gasteiger partial charge in [0, 0.05) is 0 Å². The number of nitrogens with one attached hydrogen (secondary N) is 3. The van der Waals surface area contributed by atoms with E-state index in [1.165, 1.54) is 7.11 Å². The molecular formula is C21H21ClN4O6S2. The summed E-state index contributed by atoms with van der Waals surface area (Å²) in [5.41, 5.74) is 0.636. The quantitative estimate of drug-likeness (QED) is 0.345. The molecule has 0 unspecified atom stereocenters. The molecule has 0 saturated carbocycles. The molecule has 3 aromatic rings. The number of nitrogens with zero attached hydrogens (tertiary/aromatic N) is 1. The molecule has 0 fully saturated rings. The van der Waals surface area contributed by atoms with E-state index in [0.29, 0.717) is 22.9 Å². The molecule has 0 bridgehead atoms. The number of sulfonamides is 1. The number of halogens is 1. The van der Waals surface area contributed by atoms with Crippen LogP contribution >= 0.6 is 22.9 Å². The van der Waals surface area contributed by atoms with Crippen molar-refractivity contribution in [1.82, 2.24) is 9.71 Å². The van der Waals surface area contributed by atoms with E-state index >= 15 is 0 Å². The zero-order valence-corrected chi connectivity index (χ0v) is 20.5. The highest BCUT2D eigenvalue weighted by Gasteiger charge is 2.17. The number of hydrogen-bond donors (Lipinski definition) is 3. The first-order valence-corrected chi connectivity index (χ1v) is 12.8. The molecule has 180 valence electrons. The number of rotatable bonds is 10. The van der Waals surface area contributed by atoms with E-state index in [0.717, 1.165) is 17.6 Å². The Balaban J connectivity index is 1.61. The van der Waals surface area contributed by atoms with Crippen LogP contribution in [-0.2, 0) is 26.2 Å². The van der Waals surface area contributed by atoms with E-state index in [9.17, 15) is 18.0 Å². The Bertz CT molecular complexity index is 1300. The van der Waals surface area contributed by atoms with Crippen LogP contribution in [-0.4, -0.2) is 38.6 Å². The van der Waals surface area contributed by atoms with E-state index in [-0.39, 0.29) is 21.7 Å². The largest absolute Gasteiger partial charge is 0.493 e. The van der Waals surface area contributed by atoms with Crippen molar-refractivity contribution in [3.8, 4) is 17.2 Å². The van der Waals surface area contributed by atoms with Gasteiger partial charge in [-0.3, -0.25) is 9.59 Å². The molecule has 13 heteroatoms. The number of thiazole rings is 1. The summed E-state index contributed by atoms with van der Waals surface area (Å²) in [5.74, 6) is 0.168. The molecule has 3 N–H and O–H groups in total. The van der Waals surface area contributed by atoms with Crippen LogP contribution in [0.5, 0.6) is 17.2 Å². The Kier molecular flexibility index (Phi) is 8.45. The van der Waals surface area contributed by atoms with Gasteiger partial charge in [-0.15, -0.1) is 0 Å². The van der Waals surface area contributed by atoms with Crippen molar-refractivity contribution in [3.05, 3.63) is 58.6 Å². The van der Waals surface area contributed by atoms with Gasteiger partial charge in [0.1, 0.15) is 10.8 Å². The van der Waals surface area contributed by atoms with E-state index in [1.54, 1.807) is 48.5 Å². The van der Waals surface area contributed by atoms with Crippen molar-refractivity contribution in [2.45, 2.75) is 13.0 Å². The summed E-state index contributed by atoms with van der Waals surface area (Å²) in [6.07, 6.45) is 0.519. The molecule has 2 amide bonds. The Hall–Kier alpha value is -3.19. The fourth-order valence-electron chi connectivity index (χ4n) is 2.68. The first-order valence-electron chi connectivity index (χ1n) is 9.74. The normalized spacial score (nSPS) is 11.0. The van der Waals surface area contributed by atoms with Crippen LogP contribution in [0.15, 0.2) is 48.5 Å². The van der Waals surface area contributed by atoms with Gasteiger partial charge >= 0.3 is 0 Å². The lowest BCUT2D eigenvalue weighted by molar-refractivity contribution is -0.123. The predicted octanol–water partition coefficient (Wildman–Crippen LogP) is 3.61. The molecule has 10 nitrogen and oxygen atoms in total. The standard InChI is InChI=1S/C21H21ClN4O6S2/c1-31-16-9-5-6-10-17(16)32-15-8-4-3-7-13(15)24-18(27)11-19(28)26-21-25-14(20(22)33-21)12-23-34(2,29)30/h3-10,23H,11-12H2,1-2H3,(H,24,27)(H,25,26,28). The van der Waals surface area contributed by atoms with Crippen LogP contribution in [0.4, 0.5) is 10.8 Å². The highest BCUT2D eigenvalue weighted by atomic mass is 35.5. The maximum Gasteiger partial charge on any atom is 0.235 e. The van der Waals surface area contributed by atoms with Gasteiger partial charge in [0.05, 0.1) is 31.3 Å². The monoisotopic (exact) mass is 524 g/mol. The lowest BCUT2D eigenvalue weighted by atomic mass is 10.2. The highest BCUT2D eigenvalue weighted by Crippen LogP contribution is 2.35. The summed E-state index contributed by atoms with van der Waals surface area (Å²) in [6, 6.07) is 13.8. The second kappa shape index (κ2) is 11.3. The molecule has 1 heterocycles. The summed E-state index contributed by atoms with van der Waals surface area (Å²) >= 11 is 7.00. The van der Waals surface area contributed by atoms with Gasteiger partial charge in [-0.25, -0.2) is 18.1 Å². The minimum Gasteiger partial charge on any atom is -0.493 e. The van der Waals surface area contributed by atoms with Crippen LogP contribution < -0.4 is 24.8 Å². The van der Waals surface area contributed by atoms with Crippen LogP contribution in [0.1, 0.15) is 12.1 Å². The maximum absolute atomic E-state index is 12.5. The molecule has 0 saturated heterocycles. The van der Waals surface area contributed by atoms with Gasteiger partial charge in [0.15, 0.2) is 22.4 Å². The number of ether oxygens (including phenoxy) is 2. The van der Waals surface area contributed by atoms with Crippen LogP contribution in [0, 0.1) is 0 Å². The lowest BCUT2D eigenvalue weighted by Gasteiger charge is -2.14. The van der Waals surface area contributed by atoms with Crippen molar-refractivity contribution in [2.24, 2.45) is 0 Å². The van der Waals surface area contributed by atoms with Gasteiger partial charge in [0.25, 0.3) is 0 Å². The summed E-state index contributed by atoms with van der Waals surface area (Å²) in [6.45, 7) is -0.118. The number of para-hydroxylation sites is 4. The average Bonchev–Trinajstić information content (AvgIpc) is 3.12. The molecule has 2 aromatic carbocycles. The molecular weight excluding hydrogens is 504 g/mol. The Morgan fingerprint density at radius 1 is 1.00 bits per heavy atom. The second-order valence-electron chi connectivity index (χ2n) is 6.85. The SMILES string of the molecule is COc1ccccc1Oc1ccccc1NC(=O)CC(=O)Nc1nc(CNS(C)(=O)=O)c(Cl)s1. The van der Waals surface area contributed by atoms with Crippen molar-refractivity contribution >= 4 is 55.6 Å². The molecule has 1 aromatic heterocycles. The predicted molar refractivity (Wildman–Crippen MR) is 130 cm³/mol. The Labute approximate surface area is 205 Å². The zero-order valence-electron chi connectivity index (χ0n) is 18.1. The number of anilines is 2. The molecule has 0 aliphatic heterocycles. The van der Waals surface area contributed by atoms with E-state index in [1.807, 2.05) is 0 Å². The number of methoxy groups -OCH3 is 1. The van der Waals surface area contributed by atoms with Crippen molar-refractivity contribution in [2.75, 3.05) is 24.0 Å². The summed E-state index contributed by atoms with van der Waals surface area (Å²) in [7, 11) is -1.90. The number of benzene rings is 2. The Morgan fingerprint density at radius 2 is 1.62 bits per heavy atom. The third kappa shape index (κ3) is 7.42. The first kappa shape index (κ1) is 25.4. The zero-order chi connectivity index (χ0) is 24.7. The summed E-state index contributed by atoms with van der Waals surface area (Å²) in [5, 5.41) is 5.28. The van der Waals surface area contributed by atoms with Crippen LogP contribution in [0.25, 0.3) is 0 Å². The molecule has 0 aliphatic rings. The van der Waals surface area contributed by atoms with Crippen LogP contribution in [0.2, 0.25) is 4.34 Å². The van der Waals surface area contributed by atoms with Crippen molar-refractivity contribution < 1.29 is 27.5 Å². The third-order valence-electron chi connectivity index (χ3n) is 4.17. The minimum absolute atomic E-state index is 0.118. The minimum atomic E-state index is -3.43. The maximum atomic E-state index is 12.5. The summed E-state index contributed by atoms with van der Waals surface area (Å²) < 4.78 is 36.1. The smallest absolute Gasteiger partial charge is 0.235 e. The fraction of sp³-hybridized carbons (Fsp3) is 0.190. The van der Waals surface area contributed by atoms with Crippen molar-refractivity contribution in [1.29, 1.82) is 0 Å². The molecule has 0 atom stereocenters. The highest BCUT2D eigenvalue weighted by molar-refractivity contribution is 7.88. The van der Waals surface area contributed by atoms with E-state index in [2.05, 4.69) is 20.3 Å². The molecule has 0 radical (unpaired) electrons. The average molecular weight is 525 g/mol. The first-order chi connectivity index (χ1) is 16.1. The van der Waals surface area contributed by atoms with Crippen LogP contribution in [0.3, 0.4) is 0 Å². The van der Waals surface area contributed by atoms with Gasteiger partial charge in [-0.05, 0) is 24.3 Å². The number of carbonyl (C=O) groups excluding carboxylic acids is 2. The Morgan fingerprint density at radius 3 is 2.29 bits per heavy atom. The van der Waals surface area contributed by atoms with Gasteiger partial charge < -0.3 is 20.1 Å². The number of amides is 2. The van der Waals surface area contributed by atoms with Gasteiger partial charge in [-0.1, -0.05) is 47.2 Å². The molecule has 34 heavy (non-hydrogen) atoms. The molecule has 0 aliphatic carbocycles. The molecule has 0 spiro atoms. The number of hydrogen-bond acceptors (Lipinski definition) is 8. The topological polar surface area (TPSA) is 136 Å². The number of aromatic nitrogens is 1. The second-order valence-corrected chi connectivity index (χ2v) is 10.3. The van der Waals surface area contributed by atoms with E-state index < -0.39 is 28.3 Å². The summed E-state index contributed by atoms with van der Waals surface area (Å²) in [4.78, 5) is 28.8. The lowest BCUT2D eigenvalue weighted by Crippen LogP contribution is -2.22. The fourth-order valence-corrected chi connectivity index (χ4v) is 4.13. The number of carbonyl (C=O) groups is 2. The van der Waals surface area contributed by atoms with E-state index in [4.69, 9.17) is 21.1 Å². The van der Waals surface area contributed by atoms with Crippen molar-refractivity contribution in [3.63, 3.8) is 0 Å². The molecule has 3 rings (SSSR count). The third-order valence-corrected chi connectivity index (χ3v) is 6.09. The van der Waals surface area contributed by atoms with Gasteiger partial charge in [0.2, 0.25) is 21.8 Å².